The van der Waals surface area contributed by atoms with Crippen molar-refractivity contribution in [3.8, 4) is 5.88 Å². The summed E-state index contributed by atoms with van der Waals surface area (Å²) in [5.41, 5.74) is 1.88. The number of piperidine rings is 1. The minimum atomic E-state index is -3.32. The zero-order chi connectivity index (χ0) is 23.1. The van der Waals surface area contributed by atoms with Gasteiger partial charge in [-0.1, -0.05) is 0 Å². The molecule has 1 aliphatic heterocycles. The molecule has 2 atom stereocenters. The summed E-state index contributed by atoms with van der Waals surface area (Å²) in [7, 11) is -3.32. The number of nitrogens with zero attached hydrogens (tertiary/aromatic N) is 2. The second-order valence-corrected chi connectivity index (χ2v) is 11.3. The summed E-state index contributed by atoms with van der Waals surface area (Å²) in [5.74, 6) is 0.775. The van der Waals surface area contributed by atoms with Crippen molar-refractivity contribution in [2.24, 2.45) is 0 Å². The van der Waals surface area contributed by atoms with Gasteiger partial charge < -0.3 is 14.8 Å². The second-order valence-electron chi connectivity index (χ2n) is 8.98. The molecule has 32 heavy (non-hydrogen) atoms. The molecule has 0 radical (unpaired) electrons. The molecule has 3 rings (SSSR count). The summed E-state index contributed by atoms with van der Waals surface area (Å²) in [6, 6.07) is -0.169. The van der Waals surface area contributed by atoms with Crippen LogP contribution in [0.5, 0.6) is 5.88 Å². The molecule has 0 unspecified atom stereocenters. The van der Waals surface area contributed by atoms with Crippen LogP contribution in [0, 0.1) is 6.92 Å². The van der Waals surface area contributed by atoms with Crippen LogP contribution in [0.25, 0.3) is 0 Å². The highest BCUT2D eigenvalue weighted by molar-refractivity contribution is 7.90. The van der Waals surface area contributed by atoms with Crippen LogP contribution in [0.3, 0.4) is 0 Å². The molecule has 10 heteroatoms. The highest BCUT2D eigenvalue weighted by Crippen LogP contribution is 2.38. The Hall–Kier alpha value is -1.62. The first kappa shape index (κ1) is 25.0. The van der Waals surface area contributed by atoms with Crippen LogP contribution in [0.4, 0.5) is 0 Å². The SMILES string of the molecule is Cc1ncnc(OCC=O)c1[C@H]1CC[C@@H](OC[C@@H]2NCCC[C@@H]2NS(=O)(=O)C(C)C)CC1. The Labute approximate surface area is 191 Å². The van der Waals surface area contributed by atoms with Gasteiger partial charge in [0.05, 0.1) is 18.0 Å². The highest BCUT2D eigenvalue weighted by Gasteiger charge is 2.32. The minimum Gasteiger partial charge on any atom is -0.470 e. The van der Waals surface area contributed by atoms with E-state index in [9.17, 15) is 13.2 Å². The number of aromatic nitrogens is 2. The molecule has 2 heterocycles. The van der Waals surface area contributed by atoms with E-state index in [1.807, 2.05) is 6.92 Å². The van der Waals surface area contributed by atoms with E-state index >= 15 is 0 Å². The van der Waals surface area contributed by atoms with Crippen molar-refractivity contribution in [1.29, 1.82) is 0 Å². The first-order valence-electron chi connectivity index (χ1n) is 11.6. The highest BCUT2D eigenvalue weighted by atomic mass is 32.2. The van der Waals surface area contributed by atoms with Gasteiger partial charge in [-0.2, -0.15) is 0 Å². The minimum absolute atomic E-state index is 0.0158. The Balaban J connectivity index is 1.53. The molecule has 1 aromatic rings. The zero-order valence-electron chi connectivity index (χ0n) is 19.2. The lowest BCUT2D eigenvalue weighted by Crippen LogP contribution is -2.56. The van der Waals surface area contributed by atoms with Crippen molar-refractivity contribution < 1.29 is 22.7 Å². The Morgan fingerprint density at radius 1 is 1.22 bits per heavy atom. The monoisotopic (exact) mass is 468 g/mol. The van der Waals surface area contributed by atoms with Crippen molar-refractivity contribution in [3.05, 3.63) is 17.6 Å². The number of carbonyl (C=O) groups excluding carboxylic acids is 1. The van der Waals surface area contributed by atoms with Crippen molar-refractivity contribution in [3.63, 3.8) is 0 Å². The molecule has 2 N–H and O–H groups in total. The average molecular weight is 469 g/mol. The van der Waals surface area contributed by atoms with Gasteiger partial charge in [0.25, 0.3) is 0 Å². The number of ether oxygens (including phenoxy) is 2. The number of nitrogens with one attached hydrogen (secondary N) is 2. The Bertz CT molecular complexity index is 856. The first-order valence-corrected chi connectivity index (χ1v) is 13.1. The average Bonchev–Trinajstić information content (AvgIpc) is 2.77. The molecule has 1 aromatic heterocycles. The third-order valence-electron chi connectivity index (χ3n) is 6.45. The van der Waals surface area contributed by atoms with Gasteiger partial charge in [-0.3, -0.25) is 4.79 Å². The van der Waals surface area contributed by atoms with E-state index in [-0.39, 0.29) is 30.7 Å². The third kappa shape index (κ3) is 6.46. The summed E-state index contributed by atoms with van der Waals surface area (Å²) in [5, 5.41) is 2.97. The van der Waals surface area contributed by atoms with Gasteiger partial charge in [0.2, 0.25) is 15.9 Å². The predicted molar refractivity (Wildman–Crippen MR) is 121 cm³/mol. The fourth-order valence-corrected chi connectivity index (χ4v) is 5.51. The number of sulfonamides is 1. The Morgan fingerprint density at radius 2 is 1.97 bits per heavy atom. The van der Waals surface area contributed by atoms with E-state index in [2.05, 4.69) is 20.0 Å². The summed E-state index contributed by atoms with van der Waals surface area (Å²) >= 11 is 0. The van der Waals surface area contributed by atoms with Crippen LogP contribution < -0.4 is 14.8 Å². The maximum absolute atomic E-state index is 12.3. The number of hydrogen-bond acceptors (Lipinski definition) is 8. The molecule has 2 aliphatic rings. The van der Waals surface area contributed by atoms with Crippen LogP contribution in [0.2, 0.25) is 0 Å². The summed E-state index contributed by atoms with van der Waals surface area (Å²) < 4.78 is 39.3. The van der Waals surface area contributed by atoms with Crippen LogP contribution in [-0.4, -0.2) is 67.9 Å². The molecule has 2 fully saturated rings. The molecule has 0 aromatic carbocycles. The van der Waals surface area contributed by atoms with Gasteiger partial charge in [-0.15, -0.1) is 0 Å². The molecular weight excluding hydrogens is 432 g/mol. The molecule has 0 bridgehead atoms. The number of rotatable bonds is 10. The van der Waals surface area contributed by atoms with E-state index in [1.54, 1.807) is 13.8 Å². The maximum Gasteiger partial charge on any atom is 0.220 e. The number of aryl methyl sites for hydroxylation is 1. The fraction of sp³-hybridized carbons (Fsp3) is 0.773. The van der Waals surface area contributed by atoms with Gasteiger partial charge in [-0.05, 0) is 71.8 Å². The lowest BCUT2D eigenvalue weighted by Gasteiger charge is -2.35. The summed E-state index contributed by atoms with van der Waals surface area (Å²) in [6.45, 7) is 6.67. The summed E-state index contributed by atoms with van der Waals surface area (Å²) in [4.78, 5) is 19.2. The van der Waals surface area contributed by atoms with E-state index in [0.717, 1.165) is 62.6 Å². The number of carbonyl (C=O) groups is 1. The van der Waals surface area contributed by atoms with Crippen LogP contribution in [0.1, 0.15) is 69.5 Å². The van der Waals surface area contributed by atoms with E-state index in [0.29, 0.717) is 12.5 Å². The van der Waals surface area contributed by atoms with E-state index < -0.39 is 15.3 Å². The van der Waals surface area contributed by atoms with Crippen LogP contribution in [0.15, 0.2) is 6.33 Å². The lowest BCUT2D eigenvalue weighted by atomic mass is 9.82. The van der Waals surface area contributed by atoms with Crippen molar-refractivity contribution >= 4 is 16.3 Å². The third-order valence-corrected chi connectivity index (χ3v) is 8.32. The molecule has 9 nitrogen and oxygen atoms in total. The van der Waals surface area contributed by atoms with Gasteiger partial charge in [0, 0.05) is 23.3 Å². The largest absolute Gasteiger partial charge is 0.470 e. The van der Waals surface area contributed by atoms with Gasteiger partial charge >= 0.3 is 0 Å². The van der Waals surface area contributed by atoms with Crippen LogP contribution in [-0.2, 0) is 19.6 Å². The smallest absolute Gasteiger partial charge is 0.220 e. The topological polar surface area (TPSA) is 120 Å². The number of hydrogen-bond donors (Lipinski definition) is 2. The molecule has 0 spiro atoms. The first-order chi connectivity index (χ1) is 15.3. The predicted octanol–water partition coefficient (Wildman–Crippen LogP) is 1.85. The van der Waals surface area contributed by atoms with Crippen molar-refractivity contribution in [2.75, 3.05) is 19.8 Å². The number of aldehydes is 1. The van der Waals surface area contributed by atoms with Gasteiger partial charge in [0.1, 0.15) is 12.9 Å². The molecular formula is C22H36N4O5S. The molecule has 1 saturated heterocycles. The van der Waals surface area contributed by atoms with E-state index in [4.69, 9.17) is 9.47 Å². The van der Waals surface area contributed by atoms with Crippen molar-refractivity contribution in [1.82, 2.24) is 20.0 Å². The Morgan fingerprint density at radius 3 is 2.66 bits per heavy atom. The normalized spacial score (nSPS) is 26.8. The maximum atomic E-state index is 12.3. The van der Waals surface area contributed by atoms with E-state index in [1.165, 1.54) is 6.33 Å². The van der Waals surface area contributed by atoms with Crippen LogP contribution >= 0.6 is 0 Å². The summed E-state index contributed by atoms with van der Waals surface area (Å²) in [6.07, 6.45) is 7.75. The second kappa shape index (κ2) is 11.5. The molecule has 1 aliphatic carbocycles. The molecule has 1 saturated carbocycles. The van der Waals surface area contributed by atoms with Gasteiger partial charge in [0.15, 0.2) is 6.29 Å². The standard InChI is InChI=1S/C22H36N4O5S/c1-15(2)32(28,29)26-19-5-4-10-23-20(19)13-31-18-8-6-17(7-9-18)21-16(3)24-14-25-22(21)30-12-11-27/h11,14-15,17-20,23,26H,4-10,12-13H2,1-3H3/t17-,18+,19-,20-/m0/s1. The fourth-order valence-electron chi connectivity index (χ4n) is 4.53. The Kier molecular flexibility index (Phi) is 8.98. The molecule has 0 amide bonds. The lowest BCUT2D eigenvalue weighted by molar-refractivity contribution is -0.109. The quantitative estimate of drug-likeness (QED) is 0.499. The van der Waals surface area contributed by atoms with Gasteiger partial charge in [-0.25, -0.2) is 23.1 Å². The zero-order valence-corrected chi connectivity index (χ0v) is 20.1. The molecule has 180 valence electrons. The van der Waals surface area contributed by atoms with Crippen molar-refractivity contribution in [2.45, 2.75) is 88.7 Å².